The SMILES string of the molecule is CC(C)Cn1c(=O)n(C)c(=O)c2c(-c3cc(C(C)N=O)cn3C)n(Cc3c[nH]c4ccc(Cl)cc34)nc21. The Morgan fingerprint density at radius 1 is 1.14 bits per heavy atom. The van der Waals surface area contributed by atoms with Gasteiger partial charge >= 0.3 is 5.69 Å². The number of hydrogen-bond donors (Lipinski definition) is 1. The molecule has 11 heteroatoms. The summed E-state index contributed by atoms with van der Waals surface area (Å²) in [5, 5.41) is 9.91. The highest BCUT2D eigenvalue weighted by atomic mass is 35.5. The minimum atomic E-state index is -0.555. The van der Waals surface area contributed by atoms with Crippen molar-refractivity contribution in [2.45, 2.75) is 39.9 Å². The number of hydrogen-bond acceptors (Lipinski definition) is 5. The fraction of sp³-hybridized carbons (Fsp3) is 0.346. The van der Waals surface area contributed by atoms with Gasteiger partial charge in [-0.15, -0.1) is 0 Å². The van der Waals surface area contributed by atoms with Crippen molar-refractivity contribution in [3.05, 3.63) is 78.6 Å². The molecule has 1 N–H and O–H groups in total. The van der Waals surface area contributed by atoms with Crippen LogP contribution in [-0.2, 0) is 27.2 Å². The summed E-state index contributed by atoms with van der Waals surface area (Å²) in [4.78, 5) is 41.2. The van der Waals surface area contributed by atoms with Crippen LogP contribution in [0.5, 0.6) is 0 Å². The lowest BCUT2D eigenvalue weighted by Crippen LogP contribution is -2.38. The second-order valence-electron chi connectivity index (χ2n) is 9.91. The van der Waals surface area contributed by atoms with Crippen LogP contribution < -0.4 is 11.2 Å². The van der Waals surface area contributed by atoms with E-state index in [-0.39, 0.29) is 5.92 Å². The highest BCUT2D eigenvalue weighted by Crippen LogP contribution is 2.32. The maximum atomic E-state index is 13.6. The zero-order valence-electron chi connectivity index (χ0n) is 21.3. The van der Waals surface area contributed by atoms with Crippen molar-refractivity contribution in [1.82, 2.24) is 28.5 Å². The average molecular weight is 522 g/mol. The zero-order valence-corrected chi connectivity index (χ0v) is 22.1. The first-order valence-corrected chi connectivity index (χ1v) is 12.4. The van der Waals surface area contributed by atoms with Crippen LogP contribution >= 0.6 is 11.6 Å². The molecule has 0 fully saturated rings. The van der Waals surface area contributed by atoms with E-state index in [1.807, 2.05) is 62.1 Å². The van der Waals surface area contributed by atoms with Gasteiger partial charge in [-0.2, -0.15) is 10.0 Å². The Hall–Kier alpha value is -3.92. The van der Waals surface area contributed by atoms with Crippen molar-refractivity contribution < 1.29 is 0 Å². The maximum absolute atomic E-state index is 13.6. The first-order chi connectivity index (χ1) is 17.6. The predicted molar refractivity (Wildman–Crippen MR) is 145 cm³/mol. The lowest BCUT2D eigenvalue weighted by Gasteiger charge is -2.11. The second kappa shape index (κ2) is 9.19. The Morgan fingerprint density at radius 2 is 1.89 bits per heavy atom. The standard InChI is InChI=1S/C26H28ClN7O3/c1-14(2)11-33-24-22(25(35)32(5)26(33)36)23(21-8-16(12-31(21)4)15(3)30-37)34(29-24)13-17-10-28-20-7-6-18(27)9-19(17)20/h6-10,12,14-15,28H,11,13H2,1-5H3. The summed E-state index contributed by atoms with van der Waals surface area (Å²) in [7, 11) is 3.33. The third kappa shape index (κ3) is 4.11. The second-order valence-corrected chi connectivity index (χ2v) is 10.3. The van der Waals surface area contributed by atoms with E-state index in [9.17, 15) is 14.5 Å². The fourth-order valence-corrected chi connectivity index (χ4v) is 5.00. The Balaban J connectivity index is 1.84. The molecule has 0 saturated heterocycles. The highest BCUT2D eigenvalue weighted by molar-refractivity contribution is 6.31. The Labute approximate surface area is 217 Å². The number of nitroso groups, excluding NO2 is 1. The number of benzene rings is 1. The molecule has 0 aliphatic heterocycles. The van der Waals surface area contributed by atoms with Gasteiger partial charge in [0.2, 0.25) is 0 Å². The molecule has 37 heavy (non-hydrogen) atoms. The molecule has 192 valence electrons. The fourth-order valence-electron chi connectivity index (χ4n) is 4.82. The number of nitrogens with zero attached hydrogens (tertiary/aromatic N) is 6. The van der Waals surface area contributed by atoms with Crippen LogP contribution in [0.4, 0.5) is 0 Å². The van der Waals surface area contributed by atoms with Gasteiger partial charge in [-0.3, -0.25) is 18.6 Å². The van der Waals surface area contributed by atoms with E-state index in [2.05, 4.69) is 10.2 Å². The van der Waals surface area contributed by atoms with Crippen molar-refractivity contribution in [2.24, 2.45) is 25.2 Å². The van der Waals surface area contributed by atoms with Gasteiger partial charge in [-0.1, -0.05) is 30.6 Å². The van der Waals surface area contributed by atoms with Crippen LogP contribution in [0.1, 0.15) is 37.9 Å². The molecule has 10 nitrogen and oxygen atoms in total. The minimum Gasteiger partial charge on any atom is -0.361 e. The first kappa shape index (κ1) is 24.8. The smallest absolute Gasteiger partial charge is 0.332 e. The van der Waals surface area contributed by atoms with E-state index < -0.39 is 17.3 Å². The van der Waals surface area contributed by atoms with E-state index in [1.165, 1.54) is 7.05 Å². The minimum absolute atomic E-state index is 0.156. The van der Waals surface area contributed by atoms with E-state index in [0.29, 0.717) is 40.5 Å². The molecule has 1 unspecified atom stereocenters. The topological polar surface area (TPSA) is 112 Å². The van der Waals surface area contributed by atoms with Crippen molar-refractivity contribution in [3.63, 3.8) is 0 Å². The maximum Gasteiger partial charge on any atom is 0.332 e. The van der Waals surface area contributed by atoms with Gasteiger partial charge in [0, 0.05) is 49.0 Å². The Bertz CT molecular complexity index is 1780. The summed E-state index contributed by atoms with van der Waals surface area (Å²) >= 11 is 6.28. The Morgan fingerprint density at radius 3 is 2.59 bits per heavy atom. The lowest BCUT2D eigenvalue weighted by molar-refractivity contribution is 0.498. The number of rotatable bonds is 7. The molecule has 0 aliphatic carbocycles. The van der Waals surface area contributed by atoms with Gasteiger partial charge in [0.15, 0.2) is 5.65 Å². The van der Waals surface area contributed by atoms with Crippen LogP contribution in [0.25, 0.3) is 33.3 Å². The summed E-state index contributed by atoms with van der Waals surface area (Å²) in [6.45, 7) is 6.47. The summed E-state index contributed by atoms with van der Waals surface area (Å²) in [6.07, 6.45) is 3.72. The van der Waals surface area contributed by atoms with Gasteiger partial charge in [0.25, 0.3) is 5.56 Å². The zero-order chi connectivity index (χ0) is 26.6. The summed E-state index contributed by atoms with van der Waals surface area (Å²) < 4.78 is 6.30. The quantitative estimate of drug-likeness (QED) is 0.316. The van der Waals surface area contributed by atoms with Gasteiger partial charge in [-0.25, -0.2) is 4.79 Å². The number of aryl methyl sites for hydroxylation is 1. The number of aromatic amines is 1. The molecule has 0 amide bonds. The number of halogens is 1. The third-order valence-corrected chi connectivity index (χ3v) is 6.97. The Kier molecular flexibility index (Phi) is 6.15. The molecule has 1 aromatic carbocycles. The lowest BCUT2D eigenvalue weighted by atomic mass is 10.1. The predicted octanol–water partition coefficient (Wildman–Crippen LogP) is 4.57. The van der Waals surface area contributed by atoms with Crippen LogP contribution in [0.2, 0.25) is 5.02 Å². The van der Waals surface area contributed by atoms with Crippen molar-refractivity contribution >= 4 is 33.5 Å². The van der Waals surface area contributed by atoms with Gasteiger partial charge < -0.3 is 9.55 Å². The van der Waals surface area contributed by atoms with Crippen molar-refractivity contribution in [1.29, 1.82) is 0 Å². The van der Waals surface area contributed by atoms with E-state index >= 15 is 0 Å². The highest BCUT2D eigenvalue weighted by Gasteiger charge is 2.25. The van der Waals surface area contributed by atoms with Gasteiger partial charge in [0.05, 0.1) is 12.2 Å². The van der Waals surface area contributed by atoms with Crippen LogP contribution in [0.15, 0.2) is 51.4 Å². The van der Waals surface area contributed by atoms with Gasteiger partial charge in [0.1, 0.15) is 17.1 Å². The van der Waals surface area contributed by atoms with Crippen LogP contribution in [0.3, 0.4) is 0 Å². The molecule has 4 heterocycles. The molecule has 0 aliphatic rings. The largest absolute Gasteiger partial charge is 0.361 e. The van der Waals surface area contributed by atoms with Gasteiger partial charge in [-0.05, 0) is 48.2 Å². The molecular formula is C26H28ClN7O3. The normalized spacial score (nSPS) is 12.7. The molecule has 0 spiro atoms. The summed E-state index contributed by atoms with van der Waals surface area (Å²) in [6, 6.07) is 6.91. The van der Waals surface area contributed by atoms with Crippen LogP contribution in [-0.4, -0.2) is 28.5 Å². The van der Waals surface area contributed by atoms with E-state index in [1.54, 1.807) is 16.2 Å². The van der Waals surface area contributed by atoms with Crippen LogP contribution in [0, 0.1) is 10.8 Å². The first-order valence-electron chi connectivity index (χ1n) is 12.1. The van der Waals surface area contributed by atoms with Crippen molar-refractivity contribution in [2.75, 3.05) is 0 Å². The molecular weight excluding hydrogens is 494 g/mol. The monoisotopic (exact) mass is 521 g/mol. The molecule has 0 bridgehead atoms. The molecule has 0 radical (unpaired) electrons. The number of aromatic nitrogens is 6. The number of fused-ring (bicyclic) bond motifs is 2. The molecule has 0 saturated carbocycles. The molecule has 5 rings (SSSR count). The average Bonchev–Trinajstić information content (AvgIpc) is 3.55. The summed E-state index contributed by atoms with van der Waals surface area (Å²) in [5.74, 6) is 0.156. The molecule has 1 atom stereocenters. The molecule has 5 aromatic rings. The number of H-pyrrole nitrogens is 1. The number of nitrogens with one attached hydrogen (secondary N) is 1. The van der Waals surface area contributed by atoms with E-state index in [0.717, 1.165) is 26.6 Å². The van der Waals surface area contributed by atoms with Crippen molar-refractivity contribution in [3.8, 4) is 11.4 Å². The summed E-state index contributed by atoms with van der Waals surface area (Å²) in [5.41, 5.74) is 3.34. The molecule has 4 aromatic heterocycles. The van der Waals surface area contributed by atoms with E-state index in [4.69, 9.17) is 16.7 Å². The third-order valence-electron chi connectivity index (χ3n) is 6.73.